The SMILES string of the molecule is CSCCC(NC(=O)C(N)Cc1cnc[nH]1)C(=O)NC(CCSC)C(=O)NC(CC(C)C)C(=O)O. The molecule has 0 radical (unpaired) electrons. The Morgan fingerprint density at radius 2 is 1.49 bits per heavy atom. The van der Waals surface area contributed by atoms with Crippen LogP contribution < -0.4 is 21.7 Å². The number of rotatable bonds is 17. The Labute approximate surface area is 214 Å². The highest BCUT2D eigenvalue weighted by Gasteiger charge is 2.30. The van der Waals surface area contributed by atoms with Crippen molar-refractivity contribution >= 4 is 47.2 Å². The van der Waals surface area contributed by atoms with E-state index in [-0.39, 0.29) is 18.8 Å². The van der Waals surface area contributed by atoms with Crippen LogP contribution in [0, 0.1) is 5.92 Å². The second-order valence-corrected chi connectivity index (χ2v) is 10.6. The van der Waals surface area contributed by atoms with E-state index in [1.165, 1.54) is 29.9 Å². The van der Waals surface area contributed by atoms with Gasteiger partial charge in [0.25, 0.3) is 0 Å². The maximum absolute atomic E-state index is 13.1. The number of hydrogen-bond acceptors (Lipinski definition) is 8. The maximum Gasteiger partial charge on any atom is 0.326 e. The Hall–Kier alpha value is -2.25. The predicted molar refractivity (Wildman–Crippen MR) is 139 cm³/mol. The van der Waals surface area contributed by atoms with Gasteiger partial charge in [0.1, 0.15) is 18.1 Å². The van der Waals surface area contributed by atoms with Gasteiger partial charge in [-0.2, -0.15) is 23.5 Å². The average Bonchev–Trinajstić information content (AvgIpc) is 3.31. The monoisotopic (exact) mass is 530 g/mol. The Balaban J connectivity index is 2.90. The van der Waals surface area contributed by atoms with E-state index in [1.54, 1.807) is 6.20 Å². The summed E-state index contributed by atoms with van der Waals surface area (Å²) in [7, 11) is 0. The molecule has 35 heavy (non-hydrogen) atoms. The number of nitrogens with two attached hydrogens (primary N) is 1. The van der Waals surface area contributed by atoms with E-state index >= 15 is 0 Å². The van der Waals surface area contributed by atoms with Crippen molar-refractivity contribution in [1.29, 1.82) is 0 Å². The van der Waals surface area contributed by atoms with Crippen molar-refractivity contribution in [2.45, 2.75) is 63.7 Å². The molecule has 13 heteroatoms. The van der Waals surface area contributed by atoms with Gasteiger partial charge in [0.05, 0.1) is 12.4 Å². The van der Waals surface area contributed by atoms with Gasteiger partial charge in [0, 0.05) is 18.3 Å². The van der Waals surface area contributed by atoms with Crippen molar-refractivity contribution in [2.75, 3.05) is 24.0 Å². The third kappa shape index (κ3) is 11.8. The van der Waals surface area contributed by atoms with E-state index in [9.17, 15) is 24.3 Å². The molecule has 1 aromatic heterocycles. The molecule has 0 saturated carbocycles. The van der Waals surface area contributed by atoms with E-state index in [1.807, 2.05) is 26.4 Å². The van der Waals surface area contributed by atoms with Crippen LogP contribution in [0.4, 0.5) is 0 Å². The lowest BCUT2D eigenvalue weighted by Crippen LogP contribution is -2.57. The van der Waals surface area contributed by atoms with Crippen LogP contribution in [-0.4, -0.2) is 86.9 Å². The van der Waals surface area contributed by atoms with Crippen molar-refractivity contribution in [3.8, 4) is 0 Å². The third-order valence-electron chi connectivity index (χ3n) is 5.14. The Morgan fingerprint density at radius 1 is 0.971 bits per heavy atom. The number of carbonyl (C=O) groups is 4. The molecule has 1 aromatic rings. The van der Waals surface area contributed by atoms with Gasteiger partial charge >= 0.3 is 5.97 Å². The van der Waals surface area contributed by atoms with Gasteiger partial charge in [-0.3, -0.25) is 14.4 Å². The van der Waals surface area contributed by atoms with E-state index in [0.717, 1.165) is 0 Å². The fourth-order valence-corrected chi connectivity index (χ4v) is 4.19. The molecule has 0 fully saturated rings. The van der Waals surface area contributed by atoms with Crippen LogP contribution in [0.2, 0.25) is 0 Å². The summed E-state index contributed by atoms with van der Waals surface area (Å²) in [6.07, 6.45) is 7.98. The van der Waals surface area contributed by atoms with Gasteiger partial charge < -0.3 is 31.8 Å². The smallest absolute Gasteiger partial charge is 0.326 e. The number of nitrogens with one attached hydrogen (secondary N) is 4. The molecular weight excluding hydrogens is 492 g/mol. The molecule has 0 aliphatic heterocycles. The molecule has 198 valence electrons. The molecule has 0 aliphatic carbocycles. The van der Waals surface area contributed by atoms with Gasteiger partial charge in [0.15, 0.2) is 0 Å². The van der Waals surface area contributed by atoms with Crippen LogP contribution >= 0.6 is 23.5 Å². The Morgan fingerprint density at radius 3 is 1.91 bits per heavy atom. The average molecular weight is 531 g/mol. The first-order chi connectivity index (χ1) is 16.6. The predicted octanol–water partition coefficient (Wildman–Crippen LogP) is 0.371. The number of aliphatic carboxylic acids is 1. The number of imidazole rings is 1. The molecule has 1 heterocycles. The van der Waals surface area contributed by atoms with Gasteiger partial charge in [0.2, 0.25) is 17.7 Å². The number of thioether (sulfide) groups is 2. The Bertz CT molecular complexity index is 808. The topological polar surface area (TPSA) is 179 Å². The number of carboxylic acids is 1. The van der Waals surface area contributed by atoms with Crippen LogP contribution in [0.1, 0.15) is 38.8 Å². The quantitative estimate of drug-likeness (QED) is 0.166. The fraction of sp³-hybridized carbons (Fsp3) is 0.682. The van der Waals surface area contributed by atoms with E-state index in [2.05, 4.69) is 25.9 Å². The van der Waals surface area contributed by atoms with Crippen LogP contribution in [0.5, 0.6) is 0 Å². The molecule has 0 bridgehead atoms. The molecule has 0 aromatic carbocycles. The van der Waals surface area contributed by atoms with Crippen LogP contribution in [-0.2, 0) is 25.6 Å². The number of H-pyrrole nitrogens is 1. The van der Waals surface area contributed by atoms with Gasteiger partial charge in [-0.25, -0.2) is 9.78 Å². The van der Waals surface area contributed by atoms with Crippen molar-refractivity contribution in [2.24, 2.45) is 11.7 Å². The summed E-state index contributed by atoms with van der Waals surface area (Å²) in [6, 6.07) is -3.76. The number of amides is 3. The summed E-state index contributed by atoms with van der Waals surface area (Å²) < 4.78 is 0. The summed E-state index contributed by atoms with van der Waals surface area (Å²) in [4.78, 5) is 57.0. The summed E-state index contributed by atoms with van der Waals surface area (Å²) in [5.74, 6) is -1.45. The molecular formula is C22H38N6O5S2. The first-order valence-electron chi connectivity index (χ1n) is 11.4. The number of aromatic amines is 1. The van der Waals surface area contributed by atoms with E-state index in [4.69, 9.17) is 5.73 Å². The van der Waals surface area contributed by atoms with Crippen molar-refractivity contribution in [1.82, 2.24) is 25.9 Å². The van der Waals surface area contributed by atoms with E-state index < -0.39 is 47.9 Å². The number of hydrogen-bond donors (Lipinski definition) is 6. The molecule has 0 spiro atoms. The highest BCUT2D eigenvalue weighted by molar-refractivity contribution is 7.98. The standard InChI is InChI=1S/C22H38N6O5S2/c1-13(2)9-18(22(32)33)28-21(31)17(6-8-35-4)27-20(30)16(5-7-34-3)26-19(29)15(23)10-14-11-24-12-25-14/h11-13,15-18H,5-10,23H2,1-4H3,(H,24,25)(H,26,29)(H,27,30)(H,28,31)(H,32,33). The second kappa shape index (κ2) is 16.4. The van der Waals surface area contributed by atoms with Crippen molar-refractivity contribution in [3.63, 3.8) is 0 Å². The molecule has 4 atom stereocenters. The lowest BCUT2D eigenvalue weighted by molar-refractivity contribution is -0.142. The van der Waals surface area contributed by atoms with Gasteiger partial charge in [-0.1, -0.05) is 13.8 Å². The number of nitrogens with zero attached hydrogens (tertiary/aromatic N) is 1. The first kappa shape index (κ1) is 30.8. The van der Waals surface area contributed by atoms with Gasteiger partial charge in [-0.15, -0.1) is 0 Å². The zero-order valence-electron chi connectivity index (χ0n) is 20.7. The molecule has 11 nitrogen and oxygen atoms in total. The molecule has 3 amide bonds. The first-order valence-corrected chi connectivity index (χ1v) is 14.2. The van der Waals surface area contributed by atoms with Crippen LogP contribution in [0.15, 0.2) is 12.5 Å². The number of carbonyl (C=O) groups excluding carboxylic acids is 3. The molecule has 7 N–H and O–H groups in total. The normalized spacial score (nSPS) is 14.6. The zero-order valence-corrected chi connectivity index (χ0v) is 22.3. The minimum Gasteiger partial charge on any atom is -0.480 e. The fourth-order valence-electron chi connectivity index (χ4n) is 3.25. The summed E-state index contributed by atoms with van der Waals surface area (Å²) in [6.45, 7) is 3.73. The molecule has 4 unspecified atom stereocenters. The number of aromatic nitrogens is 2. The minimum atomic E-state index is -1.13. The number of carboxylic acid groups (broad SMARTS) is 1. The molecule has 0 aliphatic rings. The highest BCUT2D eigenvalue weighted by Crippen LogP contribution is 2.09. The maximum atomic E-state index is 13.1. The van der Waals surface area contributed by atoms with Gasteiger partial charge in [-0.05, 0) is 49.2 Å². The van der Waals surface area contributed by atoms with Crippen LogP contribution in [0.3, 0.4) is 0 Å². The van der Waals surface area contributed by atoms with E-state index in [0.29, 0.717) is 30.0 Å². The Kier molecular flexibility index (Phi) is 14.4. The minimum absolute atomic E-state index is 0.0627. The second-order valence-electron chi connectivity index (χ2n) is 8.60. The largest absolute Gasteiger partial charge is 0.480 e. The summed E-state index contributed by atoms with van der Waals surface area (Å²) >= 11 is 3.02. The third-order valence-corrected chi connectivity index (χ3v) is 6.43. The lowest BCUT2D eigenvalue weighted by atomic mass is 10.0. The summed E-state index contributed by atoms with van der Waals surface area (Å²) in [5, 5.41) is 17.4. The molecule has 1 rings (SSSR count). The van der Waals surface area contributed by atoms with Crippen molar-refractivity contribution < 1.29 is 24.3 Å². The lowest BCUT2D eigenvalue weighted by Gasteiger charge is -2.25. The van der Waals surface area contributed by atoms with Crippen LogP contribution in [0.25, 0.3) is 0 Å². The summed E-state index contributed by atoms with van der Waals surface area (Å²) in [5.41, 5.74) is 6.70. The highest BCUT2D eigenvalue weighted by atomic mass is 32.2. The van der Waals surface area contributed by atoms with Crippen molar-refractivity contribution in [3.05, 3.63) is 18.2 Å². The zero-order chi connectivity index (χ0) is 26.4. The molecule has 0 saturated heterocycles.